The van der Waals surface area contributed by atoms with Crippen molar-refractivity contribution < 1.29 is 26.6 Å². The summed E-state index contributed by atoms with van der Waals surface area (Å²) in [5.74, 6) is 0. The Kier molecular flexibility index (Phi) is 30.9. The van der Waals surface area contributed by atoms with Crippen molar-refractivity contribution in [3.8, 4) is 0 Å². The summed E-state index contributed by atoms with van der Waals surface area (Å²) in [5.41, 5.74) is 0. The van der Waals surface area contributed by atoms with E-state index < -0.39 is 0 Å². The Balaban J connectivity index is 0. The van der Waals surface area contributed by atoms with Crippen LogP contribution in [0.25, 0.3) is 0 Å². The van der Waals surface area contributed by atoms with Crippen LogP contribution in [0.1, 0.15) is 162 Å². The van der Waals surface area contributed by atoms with Crippen molar-refractivity contribution in [1.29, 1.82) is 0 Å². The largest absolute Gasteiger partial charge is 1.00 e. The molecule has 0 spiro atoms. The fourth-order valence-electron chi connectivity index (χ4n) is 5.27. The van der Waals surface area contributed by atoms with Crippen LogP contribution in [0.2, 0.25) is 0 Å². The predicted molar refractivity (Wildman–Crippen MR) is 145 cm³/mol. The number of unbranched alkanes of at least 4 members (excludes halogenated alkanes) is 18. The van der Waals surface area contributed by atoms with Crippen LogP contribution in [-0.2, 0) is 0 Å². The van der Waals surface area contributed by atoms with Crippen molar-refractivity contribution in [3.05, 3.63) is 0 Å². The van der Waals surface area contributed by atoms with Crippen LogP contribution in [0, 0.1) is 0 Å². The van der Waals surface area contributed by atoms with Gasteiger partial charge in [0, 0.05) is 6.61 Å². The number of aliphatic hydroxyl groups is 1. The average molecular weight is 535 g/mol. The van der Waals surface area contributed by atoms with Gasteiger partial charge in [0.05, 0.1) is 26.2 Å². The molecule has 0 aromatic rings. The zero-order chi connectivity index (χ0) is 23.6. The molecule has 0 saturated heterocycles. The van der Waals surface area contributed by atoms with Crippen LogP contribution in [0.15, 0.2) is 0 Å². The minimum Gasteiger partial charge on any atom is -1.00 e. The lowest BCUT2D eigenvalue weighted by atomic mass is 10.0. The third-order valence-corrected chi connectivity index (χ3v) is 7.50. The summed E-state index contributed by atoms with van der Waals surface area (Å²) in [6, 6.07) is 0. The topological polar surface area (TPSA) is 20.2 Å². The van der Waals surface area contributed by atoms with Gasteiger partial charge in [-0.15, -0.1) is 0 Å². The van der Waals surface area contributed by atoms with Crippen LogP contribution in [0.4, 0.5) is 0 Å². The van der Waals surface area contributed by atoms with Crippen LogP contribution < -0.4 is 17.0 Å². The number of quaternary nitrogens is 1. The molecular weight excluding hydrogens is 470 g/mol. The molecule has 2 nitrogen and oxygen atoms in total. The molecule has 0 unspecified atom stereocenters. The highest BCUT2D eigenvalue weighted by atomic mass is 79.9. The summed E-state index contributed by atoms with van der Waals surface area (Å²) in [5, 5.41) is 9.14. The highest BCUT2D eigenvalue weighted by molar-refractivity contribution is 4.55. The number of rotatable bonds is 27. The zero-order valence-electron chi connectivity index (χ0n) is 23.4. The molecule has 202 valence electrons. The molecule has 1 N–H and O–H groups in total. The van der Waals surface area contributed by atoms with E-state index in [1.807, 2.05) is 0 Å². The van der Waals surface area contributed by atoms with E-state index in [1.54, 1.807) is 0 Å². The highest BCUT2D eigenvalue weighted by Gasteiger charge is 2.25. The van der Waals surface area contributed by atoms with Gasteiger partial charge < -0.3 is 26.6 Å². The maximum absolute atomic E-state index is 9.14. The maximum atomic E-state index is 9.14. The average Bonchev–Trinajstić information content (AvgIpc) is 2.80. The first-order chi connectivity index (χ1) is 15.7. The van der Waals surface area contributed by atoms with E-state index in [0.29, 0.717) is 6.61 Å². The molecule has 0 bridgehead atoms. The highest BCUT2D eigenvalue weighted by Crippen LogP contribution is 2.20. The van der Waals surface area contributed by atoms with Crippen LogP contribution in [0.5, 0.6) is 0 Å². The lowest BCUT2D eigenvalue weighted by molar-refractivity contribution is -0.929. The first kappa shape index (κ1) is 35.6. The van der Waals surface area contributed by atoms with Crippen molar-refractivity contribution in [2.75, 3.05) is 32.8 Å². The van der Waals surface area contributed by atoms with Crippen molar-refractivity contribution in [2.24, 2.45) is 0 Å². The Bertz CT molecular complexity index is 309. The van der Waals surface area contributed by atoms with Crippen LogP contribution in [-0.4, -0.2) is 42.4 Å². The minimum absolute atomic E-state index is 0. The van der Waals surface area contributed by atoms with Gasteiger partial charge in [0.25, 0.3) is 0 Å². The Hall–Kier alpha value is 0.400. The van der Waals surface area contributed by atoms with E-state index in [9.17, 15) is 0 Å². The molecule has 0 aromatic heterocycles. The van der Waals surface area contributed by atoms with Crippen molar-refractivity contribution >= 4 is 0 Å². The Morgan fingerprint density at radius 2 is 0.606 bits per heavy atom. The van der Waals surface area contributed by atoms with Gasteiger partial charge in [0.15, 0.2) is 0 Å². The lowest BCUT2D eigenvalue weighted by Crippen LogP contribution is -3.00. The van der Waals surface area contributed by atoms with Gasteiger partial charge in [0.2, 0.25) is 0 Å². The molecule has 0 fully saturated rings. The molecule has 0 rings (SSSR count). The summed E-state index contributed by atoms with van der Waals surface area (Å²) in [4.78, 5) is 0. The van der Waals surface area contributed by atoms with Gasteiger partial charge in [-0.25, -0.2) is 0 Å². The fraction of sp³-hybridized carbons (Fsp3) is 1.00. The van der Waals surface area contributed by atoms with Gasteiger partial charge >= 0.3 is 0 Å². The van der Waals surface area contributed by atoms with Gasteiger partial charge in [0.1, 0.15) is 0 Å². The third kappa shape index (κ3) is 23.9. The lowest BCUT2D eigenvalue weighted by Gasteiger charge is -2.40. The quantitative estimate of drug-likeness (QED) is 0.0950. The normalized spacial score (nSPS) is 11.6. The molecule has 0 aliphatic rings. The van der Waals surface area contributed by atoms with E-state index in [2.05, 4.69) is 20.8 Å². The Labute approximate surface area is 221 Å². The SMILES string of the molecule is CCCCCCCC[N+](CCCCCCO)(CCCCCCCC)CCCCCCCC.[Br-]. The molecule has 33 heavy (non-hydrogen) atoms. The summed E-state index contributed by atoms with van der Waals surface area (Å²) in [6.07, 6.45) is 30.5. The maximum Gasteiger partial charge on any atom is 0.0786 e. The molecule has 0 radical (unpaired) electrons. The first-order valence-corrected chi connectivity index (χ1v) is 15.2. The molecular formula is C30H64BrNO. The first-order valence-electron chi connectivity index (χ1n) is 15.2. The minimum atomic E-state index is 0. The second-order valence-electron chi connectivity index (χ2n) is 10.7. The molecule has 0 aliphatic carbocycles. The van der Waals surface area contributed by atoms with E-state index in [0.717, 1.165) is 6.42 Å². The van der Waals surface area contributed by atoms with E-state index in [4.69, 9.17) is 5.11 Å². The van der Waals surface area contributed by atoms with Gasteiger partial charge in [-0.05, 0) is 57.8 Å². The summed E-state index contributed by atoms with van der Waals surface area (Å²) < 4.78 is 1.41. The number of halogens is 1. The summed E-state index contributed by atoms with van der Waals surface area (Å²) in [6.45, 7) is 13.0. The van der Waals surface area contributed by atoms with E-state index in [-0.39, 0.29) is 17.0 Å². The molecule has 0 aliphatic heterocycles. The molecule has 0 saturated carbocycles. The predicted octanol–water partition coefficient (Wildman–Crippen LogP) is 6.44. The second kappa shape index (κ2) is 28.6. The molecule has 0 atom stereocenters. The second-order valence-corrected chi connectivity index (χ2v) is 10.7. The number of nitrogens with zero attached hydrogens (tertiary/aromatic N) is 1. The van der Waals surface area contributed by atoms with E-state index >= 15 is 0 Å². The van der Waals surface area contributed by atoms with Gasteiger partial charge in [-0.3, -0.25) is 0 Å². The van der Waals surface area contributed by atoms with Crippen LogP contribution >= 0.6 is 0 Å². The van der Waals surface area contributed by atoms with Crippen molar-refractivity contribution in [3.63, 3.8) is 0 Å². The van der Waals surface area contributed by atoms with Gasteiger partial charge in [-0.1, -0.05) is 104 Å². The summed E-state index contributed by atoms with van der Waals surface area (Å²) in [7, 11) is 0. The standard InChI is InChI=1S/C30H64NO.BrH/c1-4-7-10-13-16-21-26-31(29-24-19-20-25-30-32,27-22-17-14-11-8-5-2)28-23-18-15-12-9-6-3;/h32H,4-30H2,1-3H3;1H/q+1;/p-1. The monoisotopic (exact) mass is 533 g/mol. The molecule has 0 heterocycles. The number of hydrogen-bond acceptors (Lipinski definition) is 1. The van der Waals surface area contributed by atoms with Crippen LogP contribution in [0.3, 0.4) is 0 Å². The fourth-order valence-corrected chi connectivity index (χ4v) is 5.27. The third-order valence-electron chi connectivity index (χ3n) is 7.50. The van der Waals surface area contributed by atoms with Crippen molar-refractivity contribution in [2.45, 2.75) is 162 Å². The smallest absolute Gasteiger partial charge is 0.0786 e. The summed E-state index contributed by atoms with van der Waals surface area (Å²) >= 11 is 0. The molecule has 3 heteroatoms. The molecule has 0 aromatic carbocycles. The van der Waals surface area contributed by atoms with E-state index in [1.165, 1.54) is 165 Å². The number of aliphatic hydroxyl groups excluding tert-OH is 1. The van der Waals surface area contributed by atoms with Gasteiger partial charge in [-0.2, -0.15) is 0 Å². The van der Waals surface area contributed by atoms with Crippen molar-refractivity contribution in [1.82, 2.24) is 0 Å². The molecule has 0 amide bonds. The zero-order valence-corrected chi connectivity index (χ0v) is 25.0. The number of hydrogen-bond donors (Lipinski definition) is 1. The Morgan fingerprint density at radius 1 is 0.364 bits per heavy atom. The Morgan fingerprint density at radius 3 is 0.879 bits per heavy atom.